The minimum absolute atomic E-state index is 0.103. The van der Waals surface area contributed by atoms with Gasteiger partial charge in [0.1, 0.15) is 35.3 Å². The lowest BCUT2D eigenvalue weighted by Crippen LogP contribution is -2.48. The van der Waals surface area contributed by atoms with Gasteiger partial charge in [-0.2, -0.15) is 0 Å². The van der Waals surface area contributed by atoms with Gasteiger partial charge >= 0.3 is 0 Å². The molecular formula is C21H25F2NO3. The lowest BCUT2D eigenvalue weighted by molar-refractivity contribution is -0.0277. The van der Waals surface area contributed by atoms with E-state index in [2.05, 4.69) is 11.0 Å². The van der Waals surface area contributed by atoms with E-state index in [0.717, 1.165) is 48.2 Å². The van der Waals surface area contributed by atoms with E-state index in [4.69, 9.17) is 9.47 Å². The van der Waals surface area contributed by atoms with E-state index in [9.17, 15) is 13.9 Å². The Morgan fingerprint density at radius 1 is 1.07 bits per heavy atom. The van der Waals surface area contributed by atoms with Gasteiger partial charge in [-0.15, -0.1) is 0 Å². The Balaban J connectivity index is 1.62. The maximum Gasteiger partial charge on any atom is 0.129 e. The zero-order chi connectivity index (χ0) is 19.6. The summed E-state index contributed by atoms with van der Waals surface area (Å²) in [6.45, 7) is 5.93. The summed E-state index contributed by atoms with van der Waals surface area (Å²) in [5.74, 6) is -0.415. The maximum absolute atomic E-state index is 13.3. The Labute approximate surface area is 158 Å². The molecule has 3 rings (SSSR count). The molecule has 0 spiro atoms. The smallest absolute Gasteiger partial charge is 0.129 e. The van der Waals surface area contributed by atoms with Gasteiger partial charge in [0.2, 0.25) is 0 Å². The number of aliphatic hydroxyl groups excluding tert-OH is 1. The average molecular weight is 377 g/mol. The van der Waals surface area contributed by atoms with Crippen LogP contribution in [0.1, 0.15) is 23.1 Å². The fourth-order valence-electron chi connectivity index (χ4n) is 3.51. The molecule has 0 radical (unpaired) electrons. The molecule has 0 aliphatic carbocycles. The molecule has 1 fully saturated rings. The Morgan fingerprint density at radius 3 is 2.41 bits per heavy atom. The number of halogens is 2. The first kappa shape index (κ1) is 19.6. The van der Waals surface area contributed by atoms with Crippen molar-refractivity contribution in [3.8, 4) is 11.5 Å². The number of hydrogen-bond acceptors (Lipinski definition) is 4. The first-order valence-corrected chi connectivity index (χ1v) is 9.03. The predicted octanol–water partition coefficient (Wildman–Crippen LogP) is 3.60. The standard InChI is InChI=1S/C21H25F2NO3/c1-13-7-21(26-3)14(2)6-15(13)11-24-5-4-20(19(25)12-24)27-18-9-16(22)8-17(23)10-18/h6-10,19-20,25H,4-5,11-12H2,1-3H3/t19-,20-/m1/s1. The zero-order valence-electron chi connectivity index (χ0n) is 15.8. The van der Waals surface area contributed by atoms with Crippen molar-refractivity contribution < 1.29 is 23.4 Å². The third-order valence-corrected chi connectivity index (χ3v) is 4.98. The van der Waals surface area contributed by atoms with Crippen molar-refractivity contribution >= 4 is 0 Å². The van der Waals surface area contributed by atoms with E-state index in [1.807, 2.05) is 19.9 Å². The highest BCUT2D eigenvalue weighted by molar-refractivity contribution is 5.41. The van der Waals surface area contributed by atoms with Crippen LogP contribution in [0.15, 0.2) is 30.3 Å². The summed E-state index contributed by atoms with van der Waals surface area (Å²) in [6, 6.07) is 7.19. The molecule has 2 atom stereocenters. The quantitative estimate of drug-likeness (QED) is 0.865. The first-order chi connectivity index (χ1) is 12.9. The SMILES string of the molecule is COc1cc(C)c(CN2CC[C@@H](Oc3cc(F)cc(F)c3)[C@H](O)C2)cc1C. The second-order valence-electron chi connectivity index (χ2n) is 7.10. The van der Waals surface area contributed by atoms with Crippen molar-refractivity contribution in [2.45, 2.75) is 39.0 Å². The molecule has 0 bridgehead atoms. The largest absolute Gasteiger partial charge is 0.496 e. The molecule has 1 aliphatic rings. The van der Waals surface area contributed by atoms with Crippen molar-refractivity contribution in [3.63, 3.8) is 0 Å². The maximum atomic E-state index is 13.3. The molecule has 2 aromatic rings. The van der Waals surface area contributed by atoms with Crippen LogP contribution in [0.25, 0.3) is 0 Å². The molecule has 1 heterocycles. The number of benzene rings is 2. The molecule has 1 saturated heterocycles. The van der Waals surface area contributed by atoms with Crippen LogP contribution in [0.5, 0.6) is 11.5 Å². The van der Waals surface area contributed by atoms with Crippen LogP contribution in [-0.2, 0) is 6.54 Å². The Bertz CT molecular complexity index is 792. The number of hydrogen-bond donors (Lipinski definition) is 1. The summed E-state index contributed by atoms with van der Waals surface area (Å²) in [4.78, 5) is 2.16. The van der Waals surface area contributed by atoms with Gasteiger partial charge in [0.15, 0.2) is 0 Å². The molecule has 0 aromatic heterocycles. The molecule has 6 heteroatoms. The van der Waals surface area contributed by atoms with Gasteiger partial charge in [0.05, 0.1) is 7.11 Å². The lowest BCUT2D eigenvalue weighted by atomic mass is 10.0. The number of piperidine rings is 1. The molecule has 0 saturated carbocycles. The summed E-state index contributed by atoms with van der Waals surface area (Å²) in [6.07, 6.45) is -0.640. The summed E-state index contributed by atoms with van der Waals surface area (Å²) >= 11 is 0. The summed E-state index contributed by atoms with van der Waals surface area (Å²) in [5.41, 5.74) is 3.40. The topological polar surface area (TPSA) is 41.9 Å². The van der Waals surface area contributed by atoms with Crippen molar-refractivity contribution in [3.05, 3.63) is 58.7 Å². The third-order valence-electron chi connectivity index (χ3n) is 4.98. The molecule has 1 aliphatic heterocycles. The number of nitrogens with zero attached hydrogens (tertiary/aromatic N) is 1. The second-order valence-corrected chi connectivity index (χ2v) is 7.10. The number of β-amino-alcohol motifs (C(OH)–C–C–N with tert-alkyl or cyclic N) is 1. The van der Waals surface area contributed by atoms with Gasteiger partial charge in [-0.05, 0) is 43.0 Å². The number of ether oxygens (including phenoxy) is 2. The fourth-order valence-corrected chi connectivity index (χ4v) is 3.51. The molecule has 1 N–H and O–H groups in total. The van der Waals surface area contributed by atoms with E-state index in [1.54, 1.807) is 7.11 Å². The van der Waals surface area contributed by atoms with Crippen molar-refractivity contribution in [2.75, 3.05) is 20.2 Å². The monoisotopic (exact) mass is 377 g/mol. The summed E-state index contributed by atoms with van der Waals surface area (Å²) in [7, 11) is 1.66. The van der Waals surface area contributed by atoms with E-state index in [0.29, 0.717) is 13.0 Å². The van der Waals surface area contributed by atoms with Gasteiger partial charge in [-0.25, -0.2) is 8.78 Å². The Morgan fingerprint density at radius 2 is 1.78 bits per heavy atom. The Hall–Kier alpha value is -2.18. The third kappa shape index (κ3) is 4.76. The van der Waals surface area contributed by atoms with E-state index >= 15 is 0 Å². The van der Waals surface area contributed by atoms with Crippen LogP contribution < -0.4 is 9.47 Å². The first-order valence-electron chi connectivity index (χ1n) is 9.03. The van der Waals surface area contributed by atoms with Crippen LogP contribution in [0.3, 0.4) is 0 Å². The summed E-state index contributed by atoms with van der Waals surface area (Å²) in [5, 5.41) is 10.4. The number of aliphatic hydroxyl groups is 1. The average Bonchev–Trinajstić information content (AvgIpc) is 2.59. The summed E-state index contributed by atoms with van der Waals surface area (Å²) < 4.78 is 37.6. The van der Waals surface area contributed by atoms with Crippen LogP contribution in [0.2, 0.25) is 0 Å². The molecule has 0 amide bonds. The lowest BCUT2D eigenvalue weighted by Gasteiger charge is -2.36. The van der Waals surface area contributed by atoms with Crippen LogP contribution >= 0.6 is 0 Å². The highest BCUT2D eigenvalue weighted by Gasteiger charge is 2.29. The number of rotatable bonds is 5. The molecule has 0 unspecified atom stereocenters. The van der Waals surface area contributed by atoms with E-state index in [-0.39, 0.29) is 5.75 Å². The number of aryl methyl sites for hydroxylation is 2. The van der Waals surface area contributed by atoms with Gasteiger partial charge in [0.25, 0.3) is 0 Å². The molecule has 2 aromatic carbocycles. The molecule has 27 heavy (non-hydrogen) atoms. The number of likely N-dealkylation sites (tertiary alicyclic amines) is 1. The van der Waals surface area contributed by atoms with Crippen LogP contribution in [0.4, 0.5) is 8.78 Å². The van der Waals surface area contributed by atoms with Crippen LogP contribution in [0, 0.1) is 25.5 Å². The minimum Gasteiger partial charge on any atom is -0.496 e. The Kier molecular flexibility index (Phi) is 5.97. The van der Waals surface area contributed by atoms with Gasteiger partial charge in [0, 0.05) is 37.8 Å². The minimum atomic E-state index is -0.732. The molecule has 4 nitrogen and oxygen atoms in total. The predicted molar refractivity (Wildman–Crippen MR) is 99.1 cm³/mol. The van der Waals surface area contributed by atoms with Crippen molar-refractivity contribution in [2.24, 2.45) is 0 Å². The fraction of sp³-hybridized carbons (Fsp3) is 0.429. The molecular weight excluding hydrogens is 352 g/mol. The zero-order valence-corrected chi connectivity index (χ0v) is 15.8. The number of methoxy groups -OCH3 is 1. The molecule has 146 valence electrons. The van der Waals surface area contributed by atoms with E-state index in [1.165, 1.54) is 5.56 Å². The normalized spacial score (nSPS) is 20.5. The van der Waals surface area contributed by atoms with E-state index < -0.39 is 23.8 Å². The van der Waals surface area contributed by atoms with Crippen molar-refractivity contribution in [1.82, 2.24) is 4.90 Å². The van der Waals surface area contributed by atoms with Gasteiger partial charge in [-0.3, -0.25) is 4.90 Å². The van der Waals surface area contributed by atoms with Gasteiger partial charge in [-0.1, -0.05) is 6.07 Å². The highest BCUT2D eigenvalue weighted by atomic mass is 19.1. The van der Waals surface area contributed by atoms with Gasteiger partial charge < -0.3 is 14.6 Å². The highest BCUT2D eigenvalue weighted by Crippen LogP contribution is 2.26. The second kappa shape index (κ2) is 8.23. The van der Waals surface area contributed by atoms with Crippen molar-refractivity contribution in [1.29, 1.82) is 0 Å². The van der Waals surface area contributed by atoms with Crippen LogP contribution in [-0.4, -0.2) is 42.4 Å².